The molecule has 1 aromatic rings. The van der Waals surface area contributed by atoms with Gasteiger partial charge in [-0.2, -0.15) is 0 Å². The van der Waals surface area contributed by atoms with E-state index in [1.807, 2.05) is 0 Å². The van der Waals surface area contributed by atoms with E-state index < -0.39 is 11.9 Å². The lowest BCUT2D eigenvalue weighted by Gasteiger charge is -2.17. The van der Waals surface area contributed by atoms with Crippen molar-refractivity contribution in [2.45, 2.75) is 40.0 Å². The van der Waals surface area contributed by atoms with E-state index in [4.69, 9.17) is 10.8 Å². The van der Waals surface area contributed by atoms with Crippen LogP contribution in [0.25, 0.3) is 0 Å². The predicted octanol–water partition coefficient (Wildman–Crippen LogP) is 2.92. The molecule has 106 valence electrons. The Morgan fingerprint density at radius 1 is 1.32 bits per heavy atom. The highest BCUT2D eigenvalue weighted by Crippen LogP contribution is 2.21. The molecule has 3 heteroatoms. The molecular weight excluding hydrogens is 238 g/mol. The number of aryl methyl sites for hydroxylation is 2. The maximum Gasteiger partial charge on any atom is 0.307 e. The zero-order chi connectivity index (χ0) is 14.4. The van der Waals surface area contributed by atoms with Crippen molar-refractivity contribution in [2.24, 2.45) is 17.6 Å². The van der Waals surface area contributed by atoms with Gasteiger partial charge in [0.2, 0.25) is 0 Å². The first-order valence-corrected chi connectivity index (χ1v) is 6.93. The smallest absolute Gasteiger partial charge is 0.307 e. The fourth-order valence-corrected chi connectivity index (χ4v) is 2.54. The standard InChI is InChI=1S/C16H25NO2/c1-11(9-14(10-17)16(18)19)7-8-15-12(2)5-4-6-13(15)3/h4-6,11,14H,7-10,17H2,1-3H3,(H,18,19). The minimum atomic E-state index is -0.776. The highest BCUT2D eigenvalue weighted by molar-refractivity contribution is 5.70. The van der Waals surface area contributed by atoms with Crippen LogP contribution in [-0.4, -0.2) is 17.6 Å². The molecule has 19 heavy (non-hydrogen) atoms. The summed E-state index contributed by atoms with van der Waals surface area (Å²) >= 11 is 0. The highest BCUT2D eigenvalue weighted by atomic mass is 16.4. The molecule has 2 unspecified atom stereocenters. The summed E-state index contributed by atoms with van der Waals surface area (Å²) in [5.41, 5.74) is 9.53. The first-order chi connectivity index (χ1) is 8.95. The molecule has 3 N–H and O–H groups in total. The van der Waals surface area contributed by atoms with Crippen LogP contribution in [0.2, 0.25) is 0 Å². The van der Waals surface area contributed by atoms with Gasteiger partial charge in [0.1, 0.15) is 0 Å². The second-order valence-corrected chi connectivity index (χ2v) is 5.52. The van der Waals surface area contributed by atoms with E-state index in [0.29, 0.717) is 12.3 Å². The molecule has 3 nitrogen and oxygen atoms in total. The summed E-state index contributed by atoms with van der Waals surface area (Å²) in [4.78, 5) is 11.0. The Bertz CT molecular complexity index is 409. The maximum absolute atomic E-state index is 11.0. The number of carboxylic acid groups (broad SMARTS) is 1. The molecule has 0 heterocycles. The highest BCUT2D eigenvalue weighted by Gasteiger charge is 2.18. The number of nitrogens with two attached hydrogens (primary N) is 1. The fraction of sp³-hybridized carbons (Fsp3) is 0.562. The molecule has 0 saturated heterocycles. The van der Waals surface area contributed by atoms with Gasteiger partial charge in [-0.05, 0) is 55.7 Å². The van der Waals surface area contributed by atoms with E-state index >= 15 is 0 Å². The van der Waals surface area contributed by atoms with Gasteiger partial charge in [-0.15, -0.1) is 0 Å². The molecule has 2 atom stereocenters. The Morgan fingerprint density at radius 3 is 2.37 bits per heavy atom. The van der Waals surface area contributed by atoms with Crippen molar-refractivity contribution in [1.29, 1.82) is 0 Å². The number of hydrogen-bond acceptors (Lipinski definition) is 2. The Labute approximate surface area is 115 Å². The summed E-state index contributed by atoms with van der Waals surface area (Å²) in [5, 5.41) is 9.02. The van der Waals surface area contributed by atoms with Crippen LogP contribution in [0.15, 0.2) is 18.2 Å². The van der Waals surface area contributed by atoms with Crippen molar-refractivity contribution in [3.63, 3.8) is 0 Å². The maximum atomic E-state index is 11.0. The average molecular weight is 263 g/mol. The van der Waals surface area contributed by atoms with Crippen molar-refractivity contribution in [2.75, 3.05) is 6.54 Å². The summed E-state index contributed by atoms with van der Waals surface area (Å²) < 4.78 is 0. The van der Waals surface area contributed by atoms with Gasteiger partial charge >= 0.3 is 5.97 Å². The van der Waals surface area contributed by atoms with Crippen LogP contribution in [-0.2, 0) is 11.2 Å². The minimum absolute atomic E-state index is 0.225. The third kappa shape index (κ3) is 4.67. The van der Waals surface area contributed by atoms with Gasteiger partial charge in [0.15, 0.2) is 0 Å². The SMILES string of the molecule is Cc1cccc(C)c1CCC(C)CC(CN)C(=O)O. The Hall–Kier alpha value is -1.35. The summed E-state index contributed by atoms with van der Waals surface area (Å²) in [5.74, 6) is -0.807. The molecule has 0 amide bonds. The minimum Gasteiger partial charge on any atom is -0.481 e. The lowest BCUT2D eigenvalue weighted by molar-refractivity contribution is -0.141. The van der Waals surface area contributed by atoms with Crippen LogP contribution in [0.5, 0.6) is 0 Å². The first-order valence-electron chi connectivity index (χ1n) is 6.93. The third-order valence-corrected chi connectivity index (χ3v) is 3.85. The van der Waals surface area contributed by atoms with Crippen LogP contribution >= 0.6 is 0 Å². The van der Waals surface area contributed by atoms with Crippen LogP contribution in [0.1, 0.15) is 36.5 Å². The molecule has 0 bridgehead atoms. The quantitative estimate of drug-likeness (QED) is 0.795. The molecule has 1 rings (SSSR count). The van der Waals surface area contributed by atoms with Gasteiger partial charge in [0, 0.05) is 6.54 Å². The summed E-state index contributed by atoms with van der Waals surface area (Å²) in [6, 6.07) is 6.34. The van der Waals surface area contributed by atoms with Crippen molar-refractivity contribution in [3.05, 3.63) is 34.9 Å². The van der Waals surface area contributed by atoms with E-state index in [9.17, 15) is 4.79 Å². The number of rotatable bonds is 7. The second-order valence-electron chi connectivity index (χ2n) is 5.52. The van der Waals surface area contributed by atoms with Gasteiger partial charge in [0.25, 0.3) is 0 Å². The molecule has 0 aliphatic carbocycles. The number of hydrogen-bond donors (Lipinski definition) is 2. The molecule has 0 fully saturated rings. The van der Waals surface area contributed by atoms with Crippen molar-refractivity contribution in [3.8, 4) is 0 Å². The number of benzene rings is 1. The zero-order valence-corrected chi connectivity index (χ0v) is 12.1. The number of carboxylic acids is 1. The monoisotopic (exact) mass is 263 g/mol. The van der Waals surface area contributed by atoms with Gasteiger partial charge in [-0.25, -0.2) is 0 Å². The Balaban J connectivity index is 2.54. The summed E-state index contributed by atoms with van der Waals surface area (Å²) in [7, 11) is 0. The Kier molecular flexibility index (Phi) is 6.03. The van der Waals surface area contributed by atoms with Crippen LogP contribution in [0, 0.1) is 25.7 Å². The average Bonchev–Trinajstić information content (AvgIpc) is 2.35. The van der Waals surface area contributed by atoms with E-state index in [1.54, 1.807) is 0 Å². The lowest BCUT2D eigenvalue weighted by Crippen LogP contribution is -2.25. The molecule has 0 aliphatic heterocycles. The zero-order valence-electron chi connectivity index (χ0n) is 12.1. The Morgan fingerprint density at radius 2 is 1.89 bits per heavy atom. The number of aliphatic carboxylic acids is 1. The van der Waals surface area contributed by atoms with Gasteiger partial charge < -0.3 is 10.8 Å². The fourth-order valence-electron chi connectivity index (χ4n) is 2.54. The van der Waals surface area contributed by atoms with E-state index in [1.165, 1.54) is 16.7 Å². The van der Waals surface area contributed by atoms with Crippen molar-refractivity contribution >= 4 is 5.97 Å². The van der Waals surface area contributed by atoms with Crippen molar-refractivity contribution in [1.82, 2.24) is 0 Å². The van der Waals surface area contributed by atoms with E-state index in [2.05, 4.69) is 39.0 Å². The van der Waals surface area contributed by atoms with E-state index in [-0.39, 0.29) is 6.54 Å². The largest absolute Gasteiger partial charge is 0.481 e. The first kappa shape index (κ1) is 15.7. The van der Waals surface area contributed by atoms with Crippen LogP contribution in [0.4, 0.5) is 0 Å². The predicted molar refractivity (Wildman–Crippen MR) is 78.2 cm³/mol. The van der Waals surface area contributed by atoms with Gasteiger partial charge in [-0.1, -0.05) is 25.1 Å². The van der Waals surface area contributed by atoms with E-state index in [0.717, 1.165) is 12.8 Å². The van der Waals surface area contributed by atoms with Crippen molar-refractivity contribution < 1.29 is 9.90 Å². The summed E-state index contributed by atoms with van der Waals surface area (Å²) in [6.07, 6.45) is 2.68. The molecule has 0 aliphatic rings. The van der Waals surface area contributed by atoms with Crippen LogP contribution in [0.3, 0.4) is 0 Å². The molecule has 0 saturated carbocycles. The van der Waals surface area contributed by atoms with Gasteiger partial charge in [0.05, 0.1) is 5.92 Å². The second kappa shape index (κ2) is 7.29. The topological polar surface area (TPSA) is 63.3 Å². The molecule has 0 aromatic heterocycles. The van der Waals surface area contributed by atoms with Crippen LogP contribution < -0.4 is 5.73 Å². The third-order valence-electron chi connectivity index (χ3n) is 3.85. The molecule has 1 aromatic carbocycles. The molecule has 0 radical (unpaired) electrons. The summed E-state index contributed by atoms with van der Waals surface area (Å²) in [6.45, 7) is 6.60. The number of carbonyl (C=O) groups is 1. The lowest BCUT2D eigenvalue weighted by atomic mass is 9.89. The normalized spacial score (nSPS) is 14.1. The van der Waals surface area contributed by atoms with Gasteiger partial charge in [-0.3, -0.25) is 4.79 Å². The molecule has 0 spiro atoms. The molecular formula is C16H25NO2.